The molecule has 0 radical (unpaired) electrons. The predicted molar refractivity (Wildman–Crippen MR) is 80.2 cm³/mol. The molecule has 0 saturated carbocycles. The van der Waals surface area contributed by atoms with Crippen LogP contribution in [0.3, 0.4) is 0 Å². The summed E-state index contributed by atoms with van der Waals surface area (Å²) in [6, 6.07) is 10.8. The molecule has 102 valence electrons. The number of nitro groups is 1. The van der Waals surface area contributed by atoms with Crippen LogP contribution >= 0.6 is 27.5 Å². The number of hydrogen-bond acceptors (Lipinski definition) is 3. The van der Waals surface area contributed by atoms with Crippen LogP contribution < -0.4 is 5.32 Å². The van der Waals surface area contributed by atoms with Gasteiger partial charge in [-0.05, 0) is 40.2 Å². The van der Waals surface area contributed by atoms with Gasteiger partial charge in [0.1, 0.15) is 5.69 Å². The highest BCUT2D eigenvalue weighted by molar-refractivity contribution is 9.10. The average Bonchev–Trinajstić information content (AvgIpc) is 2.38. The van der Waals surface area contributed by atoms with Gasteiger partial charge in [-0.2, -0.15) is 0 Å². The molecule has 0 spiro atoms. The van der Waals surface area contributed by atoms with Gasteiger partial charge in [-0.15, -0.1) is 0 Å². The van der Waals surface area contributed by atoms with Gasteiger partial charge in [0.15, 0.2) is 0 Å². The van der Waals surface area contributed by atoms with Crippen molar-refractivity contribution in [2.75, 3.05) is 5.32 Å². The van der Waals surface area contributed by atoms with Crippen molar-refractivity contribution < 1.29 is 9.72 Å². The van der Waals surface area contributed by atoms with E-state index in [0.29, 0.717) is 15.1 Å². The molecule has 0 atom stereocenters. The van der Waals surface area contributed by atoms with Crippen molar-refractivity contribution in [3.8, 4) is 0 Å². The van der Waals surface area contributed by atoms with Gasteiger partial charge in [-0.3, -0.25) is 14.9 Å². The fourth-order valence-corrected chi connectivity index (χ4v) is 2.24. The largest absolute Gasteiger partial charge is 0.316 e. The first kappa shape index (κ1) is 14.5. The molecule has 0 aliphatic heterocycles. The number of hydrogen-bond donors (Lipinski definition) is 1. The van der Waals surface area contributed by atoms with Crippen LogP contribution in [0.25, 0.3) is 0 Å². The quantitative estimate of drug-likeness (QED) is 0.660. The first-order valence-corrected chi connectivity index (χ1v) is 6.66. The predicted octanol–water partition coefficient (Wildman–Crippen LogP) is 4.26. The molecule has 0 bridgehead atoms. The minimum absolute atomic E-state index is 0.0586. The van der Waals surface area contributed by atoms with E-state index in [9.17, 15) is 14.9 Å². The van der Waals surface area contributed by atoms with Crippen molar-refractivity contribution in [3.05, 3.63) is 67.6 Å². The first-order chi connectivity index (χ1) is 9.49. The van der Waals surface area contributed by atoms with Crippen LogP contribution in [-0.2, 0) is 0 Å². The zero-order valence-electron chi connectivity index (χ0n) is 9.97. The standard InChI is InChI=1S/C13H8BrClN2O3/c14-10-4-2-1-3-9(10)13(18)16-11-7-8(15)5-6-12(11)17(19)20/h1-7H,(H,16,18). The Hall–Kier alpha value is -1.92. The smallest absolute Gasteiger partial charge is 0.292 e. The van der Waals surface area contributed by atoms with E-state index in [1.807, 2.05) is 0 Å². The maximum atomic E-state index is 12.1. The third kappa shape index (κ3) is 3.15. The molecule has 1 N–H and O–H groups in total. The minimum atomic E-state index is -0.577. The molecule has 2 aromatic carbocycles. The number of carbonyl (C=O) groups is 1. The lowest BCUT2D eigenvalue weighted by Crippen LogP contribution is -2.13. The summed E-state index contributed by atoms with van der Waals surface area (Å²) >= 11 is 9.05. The molecule has 1 amide bonds. The third-order valence-corrected chi connectivity index (χ3v) is 3.45. The van der Waals surface area contributed by atoms with Crippen molar-refractivity contribution >= 4 is 44.8 Å². The number of anilines is 1. The summed E-state index contributed by atoms with van der Waals surface area (Å²) in [5.41, 5.74) is 0.222. The van der Waals surface area contributed by atoms with Gasteiger partial charge >= 0.3 is 0 Å². The molecule has 0 saturated heterocycles. The number of amides is 1. The summed E-state index contributed by atoms with van der Waals surface area (Å²) in [6.07, 6.45) is 0. The Kier molecular flexibility index (Phi) is 4.36. The van der Waals surface area contributed by atoms with Crippen LogP contribution in [0.4, 0.5) is 11.4 Å². The van der Waals surface area contributed by atoms with Crippen molar-refractivity contribution in [2.24, 2.45) is 0 Å². The van der Waals surface area contributed by atoms with Crippen molar-refractivity contribution in [1.82, 2.24) is 0 Å². The number of benzene rings is 2. The van der Waals surface area contributed by atoms with Gasteiger partial charge in [0, 0.05) is 15.6 Å². The highest BCUT2D eigenvalue weighted by Crippen LogP contribution is 2.28. The molecule has 0 heterocycles. The Morgan fingerprint density at radius 2 is 1.95 bits per heavy atom. The maximum absolute atomic E-state index is 12.1. The molecule has 0 aromatic heterocycles. The van der Waals surface area contributed by atoms with Gasteiger partial charge in [0.25, 0.3) is 11.6 Å². The average molecular weight is 356 g/mol. The van der Waals surface area contributed by atoms with Gasteiger partial charge in [-0.25, -0.2) is 0 Å². The Balaban J connectivity index is 2.35. The topological polar surface area (TPSA) is 72.2 Å². The van der Waals surface area contributed by atoms with Gasteiger partial charge < -0.3 is 5.32 Å². The lowest BCUT2D eigenvalue weighted by molar-refractivity contribution is -0.383. The van der Waals surface area contributed by atoms with Gasteiger partial charge in [-0.1, -0.05) is 23.7 Å². The molecule has 7 heteroatoms. The fourth-order valence-electron chi connectivity index (χ4n) is 1.60. The normalized spacial score (nSPS) is 10.1. The van der Waals surface area contributed by atoms with E-state index in [1.165, 1.54) is 18.2 Å². The summed E-state index contributed by atoms with van der Waals surface area (Å²) in [6.45, 7) is 0. The monoisotopic (exact) mass is 354 g/mol. The van der Waals surface area contributed by atoms with E-state index in [0.717, 1.165) is 0 Å². The molecule has 0 aliphatic carbocycles. The second-order valence-corrected chi connectivity index (χ2v) is 5.14. The lowest BCUT2D eigenvalue weighted by atomic mass is 10.2. The van der Waals surface area contributed by atoms with E-state index in [1.54, 1.807) is 24.3 Å². The summed E-state index contributed by atoms with van der Waals surface area (Å²) < 4.78 is 0.599. The van der Waals surface area contributed by atoms with Crippen LogP contribution in [0, 0.1) is 10.1 Å². The van der Waals surface area contributed by atoms with Crippen LogP contribution in [0.15, 0.2) is 46.9 Å². The number of rotatable bonds is 3. The molecule has 0 unspecified atom stereocenters. The summed E-state index contributed by atoms with van der Waals surface area (Å²) in [7, 11) is 0. The van der Waals surface area contributed by atoms with Gasteiger partial charge in [0.05, 0.1) is 10.5 Å². The second-order valence-electron chi connectivity index (χ2n) is 3.85. The highest BCUT2D eigenvalue weighted by atomic mass is 79.9. The third-order valence-electron chi connectivity index (χ3n) is 2.52. The van der Waals surface area contributed by atoms with Crippen LogP contribution in [0.1, 0.15) is 10.4 Å². The Morgan fingerprint density at radius 3 is 2.60 bits per heavy atom. The number of nitro benzene ring substituents is 1. The van der Waals surface area contributed by atoms with Crippen LogP contribution in [0.2, 0.25) is 5.02 Å². The molecular weight excluding hydrogens is 348 g/mol. The van der Waals surface area contributed by atoms with E-state index < -0.39 is 10.8 Å². The minimum Gasteiger partial charge on any atom is -0.316 e. The molecule has 20 heavy (non-hydrogen) atoms. The molecule has 0 aliphatic rings. The number of nitrogens with zero attached hydrogens (tertiary/aromatic N) is 1. The van der Waals surface area contributed by atoms with Crippen LogP contribution in [0.5, 0.6) is 0 Å². The van der Waals surface area contributed by atoms with Crippen molar-refractivity contribution in [3.63, 3.8) is 0 Å². The number of carbonyl (C=O) groups excluding carboxylic acids is 1. The fraction of sp³-hybridized carbons (Fsp3) is 0. The van der Waals surface area contributed by atoms with Crippen LogP contribution in [-0.4, -0.2) is 10.8 Å². The van der Waals surface area contributed by atoms with E-state index in [4.69, 9.17) is 11.6 Å². The summed E-state index contributed by atoms with van der Waals surface area (Å²) in [5, 5.41) is 13.7. The Morgan fingerprint density at radius 1 is 1.25 bits per heavy atom. The van der Waals surface area contributed by atoms with E-state index >= 15 is 0 Å². The first-order valence-electron chi connectivity index (χ1n) is 5.49. The second kappa shape index (κ2) is 6.02. The molecule has 5 nitrogen and oxygen atoms in total. The summed E-state index contributed by atoms with van der Waals surface area (Å²) in [4.78, 5) is 22.5. The van der Waals surface area contributed by atoms with E-state index in [2.05, 4.69) is 21.2 Å². The molecule has 2 rings (SSSR count). The Labute approximate surface area is 127 Å². The zero-order chi connectivity index (χ0) is 14.7. The lowest BCUT2D eigenvalue weighted by Gasteiger charge is -2.07. The van der Waals surface area contributed by atoms with Crippen molar-refractivity contribution in [1.29, 1.82) is 0 Å². The zero-order valence-corrected chi connectivity index (χ0v) is 12.3. The number of halogens is 2. The van der Waals surface area contributed by atoms with Gasteiger partial charge in [0.2, 0.25) is 0 Å². The maximum Gasteiger partial charge on any atom is 0.292 e. The van der Waals surface area contributed by atoms with Crippen molar-refractivity contribution in [2.45, 2.75) is 0 Å². The Bertz CT molecular complexity index is 691. The molecular formula is C13H8BrClN2O3. The molecule has 0 fully saturated rings. The summed E-state index contributed by atoms with van der Waals surface area (Å²) in [5.74, 6) is -0.456. The van der Waals surface area contributed by atoms with E-state index in [-0.39, 0.29) is 11.4 Å². The SMILES string of the molecule is O=C(Nc1cc(Cl)ccc1[N+](=O)[O-])c1ccccc1Br. The highest BCUT2D eigenvalue weighted by Gasteiger charge is 2.18. The molecule has 2 aromatic rings. The number of nitrogens with one attached hydrogen (secondary N) is 1.